The van der Waals surface area contributed by atoms with Crippen molar-refractivity contribution in [3.8, 4) is 22.5 Å². The summed E-state index contributed by atoms with van der Waals surface area (Å²) in [5.41, 5.74) is 5.86. The SMILES string of the molecule is CC(C)(C)c1ccc(-c2[c-]cccc2)nc1.[2H]C([2H])([2H])c1ccc2c(n1)oc1c(-c3ccccn3)[c-]ccc12.[Ir]. The van der Waals surface area contributed by atoms with Crippen LogP contribution in [0.5, 0.6) is 0 Å². The summed E-state index contributed by atoms with van der Waals surface area (Å²) >= 11 is 0. The Morgan fingerprint density at radius 3 is 2.35 bits per heavy atom. The van der Waals surface area contributed by atoms with Crippen molar-refractivity contribution < 1.29 is 28.6 Å². The molecular formula is C32H27IrN3O-2. The molecule has 1 radical (unpaired) electrons. The van der Waals surface area contributed by atoms with Crippen LogP contribution in [0.3, 0.4) is 0 Å². The maximum Gasteiger partial charge on any atom is 0.216 e. The van der Waals surface area contributed by atoms with E-state index in [4.69, 9.17) is 8.53 Å². The molecule has 6 aromatic rings. The van der Waals surface area contributed by atoms with Crippen molar-refractivity contribution in [3.63, 3.8) is 0 Å². The molecular weight excluding hydrogens is 635 g/mol. The molecule has 0 spiro atoms. The molecule has 4 nitrogen and oxygen atoms in total. The largest absolute Gasteiger partial charge is 0.486 e. The number of benzene rings is 2. The van der Waals surface area contributed by atoms with Gasteiger partial charge < -0.3 is 14.4 Å². The Hall–Kier alpha value is -3.66. The van der Waals surface area contributed by atoms with Crippen molar-refractivity contribution in [3.05, 3.63) is 115 Å². The number of aryl methyl sites for hydroxylation is 1. The van der Waals surface area contributed by atoms with Gasteiger partial charge in [0.05, 0.1) is 5.58 Å². The Morgan fingerprint density at radius 1 is 0.811 bits per heavy atom. The molecule has 0 aliphatic heterocycles. The van der Waals surface area contributed by atoms with Crippen LogP contribution in [0.1, 0.15) is 36.1 Å². The number of hydrogen-bond acceptors (Lipinski definition) is 4. The molecule has 6 rings (SSSR count). The molecule has 0 amide bonds. The van der Waals surface area contributed by atoms with Gasteiger partial charge in [-0.3, -0.25) is 0 Å². The van der Waals surface area contributed by atoms with E-state index in [2.05, 4.69) is 60.0 Å². The van der Waals surface area contributed by atoms with Gasteiger partial charge in [0, 0.05) is 47.7 Å². The normalized spacial score (nSPS) is 12.6. The summed E-state index contributed by atoms with van der Waals surface area (Å²) in [5, 5.41) is 1.64. The molecule has 0 aliphatic carbocycles. The molecule has 2 aromatic carbocycles. The average Bonchev–Trinajstić information content (AvgIpc) is 3.32. The number of hydrogen-bond donors (Lipinski definition) is 0. The quantitative estimate of drug-likeness (QED) is 0.176. The summed E-state index contributed by atoms with van der Waals surface area (Å²) in [6.45, 7) is 4.32. The first-order valence-corrected chi connectivity index (χ1v) is 11.7. The molecule has 5 heteroatoms. The molecule has 4 aromatic heterocycles. The Labute approximate surface area is 235 Å². The molecule has 0 fully saturated rings. The van der Waals surface area contributed by atoms with Gasteiger partial charge in [-0.15, -0.1) is 54.1 Å². The van der Waals surface area contributed by atoms with Crippen LogP contribution in [0.15, 0.2) is 95.7 Å². The van der Waals surface area contributed by atoms with Crippen molar-refractivity contribution >= 4 is 22.1 Å². The maximum atomic E-state index is 7.47. The van der Waals surface area contributed by atoms with Crippen LogP contribution in [0.25, 0.3) is 44.6 Å². The second-order valence-electron chi connectivity index (χ2n) is 9.42. The Morgan fingerprint density at radius 2 is 1.68 bits per heavy atom. The summed E-state index contributed by atoms with van der Waals surface area (Å²) in [6, 6.07) is 31.0. The van der Waals surface area contributed by atoms with Crippen molar-refractivity contribution in [2.45, 2.75) is 33.0 Å². The smallest absolute Gasteiger partial charge is 0.216 e. The van der Waals surface area contributed by atoms with Gasteiger partial charge in [-0.05, 0) is 47.4 Å². The third-order valence-electron chi connectivity index (χ3n) is 5.83. The molecule has 0 saturated heterocycles. The molecule has 0 N–H and O–H groups in total. The second kappa shape index (κ2) is 11.2. The standard InChI is InChI=1S/C17H11N2O.C15H16N.Ir/c1-11-8-9-13-12-5-4-6-14(15-7-2-3-10-18-15)16(12)20-17(13)19-11;1-15(2,3)13-9-10-14(16-11-13)12-7-5-4-6-8-12;/h2-5,7-10H,1H3;4-7,9-11H,1-3H3;/q2*-1;/i1D3;;. The van der Waals surface area contributed by atoms with Crippen molar-refractivity contribution in [1.82, 2.24) is 15.0 Å². The van der Waals surface area contributed by atoms with Crippen LogP contribution in [0.4, 0.5) is 0 Å². The zero-order chi connectivity index (χ0) is 27.6. The fourth-order valence-corrected chi connectivity index (χ4v) is 3.87. The number of aromatic nitrogens is 3. The summed E-state index contributed by atoms with van der Waals surface area (Å²) in [5.74, 6) is 0. The van der Waals surface area contributed by atoms with Gasteiger partial charge in [0.25, 0.3) is 0 Å². The van der Waals surface area contributed by atoms with Gasteiger partial charge >= 0.3 is 0 Å². The number of rotatable bonds is 2. The molecule has 0 unspecified atom stereocenters. The fourth-order valence-electron chi connectivity index (χ4n) is 3.87. The monoisotopic (exact) mass is 665 g/mol. The number of pyridine rings is 3. The summed E-state index contributed by atoms with van der Waals surface area (Å²) < 4.78 is 28.3. The van der Waals surface area contributed by atoms with E-state index in [9.17, 15) is 0 Å². The maximum absolute atomic E-state index is 7.47. The fraction of sp³-hybridized carbons (Fsp3) is 0.156. The van der Waals surface area contributed by atoms with Crippen LogP contribution < -0.4 is 0 Å². The van der Waals surface area contributed by atoms with Crippen LogP contribution in [-0.4, -0.2) is 15.0 Å². The first-order chi connectivity index (χ1) is 18.6. The minimum atomic E-state index is -2.26. The van der Waals surface area contributed by atoms with Gasteiger partial charge in [0.15, 0.2) is 0 Å². The van der Waals surface area contributed by atoms with Gasteiger partial charge in [-0.25, -0.2) is 4.98 Å². The predicted molar refractivity (Wildman–Crippen MR) is 146 cm³/mol. The summed E-state index contributed by atoms with van der Waals surface area (Å²) in [7, 11) is 0. The van der Waals surface area contributed by atoms with Crippen LogP contribution in [0, 0.1) is 19.0 Å². The Balaban J connectivity index is 0.000000192. The van der Waals surface area contributed by atoms with E-state index in [0.717, 1.165) is 33.3 Å². The molecule has 0 aliphatic rings. The Bertz CT molecular complexity index is 1710. The number of fused-ring (bicyclic) bond motifs is 3. The summed E-state index contributed by atoms with van der Waals surface area (Å²) in [4.78, 5) is 13.0. The van der Waals surface area contributed by atoms with Crippen LogP contribution >= 0.6 is 0 Å². The molecule has 4 heterocycles. The van der Waals surface area contributed by atoms with Gasteiger partial charge in [-0.2, -0.15) is 0 Å². The zero-order valence-corrected chi connectivity index (χ0v) is 23.1. The minimum Gasteiger partial charge on any atom is -0.486 e. The third kappa shape index (κ3) is 5.85. The van der Waals surface area contributed by atoms with Crippen molar-refractivity contribution in [2.75, 3.05) is 0 Å². The number of furan rings is 1. The first-order valence-electron chi connectivity index (χ1n) is 13.2. The van der Waals surface area contributed by atoms with E-state index in [1.165, 1.54) is 11.6 Å². The predicted octanol–water partition coefficient (Wildman–Crippen LogP) is 8.00. The van der Waals surface area contributed by atoms with Crippen LogP contribution in [-0.2, 0) is 25.5 Å². The van der Waals surface area contributed by atoms with Crippen molar-refractivity contribution in [1.29, 1.82) is 0 Å². The van der Waals surface area contributed by atoms with Gasteiger partial charge in [0.2, 0.25) is 5.71 Å². The topological polar surface area (TPSA) is 51.8 Å². The molecule has 0 bridgehead atoms. The average molecular weight is 665 g/mol. The van der Waals surface area contributed by atoms with Gasteiger partial charge in [-0.1, -0.05) is 56.0 Å². The van der Waals surface area contributed by atoms with Crippen molar-refractivity contribution in [2.24, 2.45) is 0 Å². The Kier molecular flexibility index (Phi) is 6.80. The zero-order valence-electron chi connectivity index (χ0n) is 23.7. The summed E-state index contributed by atoms with van der Waals surface area (Å²) in [6.07, 6.45) is 3.66. The first kappa shape index (κ1) is 22.5. The van der Waals surface area contributed by atoms with E-state index in [-0.39, 0.29) is 31.2 Å². The van der Waals surface area contributed by atoms with Crippen LogP contribution in [0.2, 0.25) is 0 Å². The molecule has 0 saturated carbocycles. The van der Waals surface area contributed by atoms with E-state index in [0.29, 0.717) is 11.3 Å². The molecule has 37 heavy (non-hydrogen) atoms. The number of nitrogens with zero attached hydrogens (tertiary/aromatic N) is 3. The third-order valence-corrected chi connectivity index (χ3v) is 5.83. The minimum absolute atomic E-state index is 0. The molecule has 187 valence electrons. The van der Waals surface area contributed by atoms with E-state index in [1.54, 1.807) is 18.3 Å². The van der Waals surface area contributed by atoms with E-state index < -0.39 is 6.85 Å². The second-order valence-corrected chi connectivity index (χ2v) is 9.42. The van der Waals surface area contributed by atoms with Gasteiger partial charge in [0.1, 0.15) is 0 Å². The van der Waals surface area contributed by atoms with E-state index in [1.807, 2.05) is 54.7 Å². The van der Waals surface area contributed by atoms with E-state index >= 15 is 0 Å². The molecule has 0 atom stereocenters.